The van der Waals surface area contributed by atoms with Crippen molar-refractivity contribution in [2.24, 2.45) is 5.92 Å². The summed E-state index contributed by atoms with van der Waals surface area (Å²) in [6.45, 7) is 3.15. The second-order valence-corrected chi connectivity index (χ2v) is 7.78. The fourth-order valence-electron chi connectivity index (χ4n) is 3.34. The van der Waals surface area contributed by atoms with Crippen molar-refractivity contribution in [2.45, 2.75) is 44.2 Å². The molecule has 1 saturated heterocycles. The van der Waals surface area contributed by atoms with Gasteiger partial charge in [-0.15, -0.1) is 0 Å². The Hall–Kier alpha value is -2.16. The number of hydrogen-bond donors (Lipinski definition) is 5. The van der Waals surface area contributed by atoms with E-state index in [1.54, 1.807) is 24.3 Å². The van der Waals surface area contributed by atoms with E-state index in [0.29, 0.717) is 5.02 Å². The minimum Gasteiger partial charge on any atom is -0.480 e. The highest BCUT2D eigenvalue weighted by Gasteiger charge is 2.27. The maximum Gasteiger partial charge on any atom is 0.328 e. The van der Waals surface area contributed by atoms with Crippen LogP contribution in [-0.2, 0) is 14.4 Å². The summed E-state index contributed by atoms with van der Waals surface area (Å²) in [6.07, 6.45) is 0.272. The summed E-state index contributed by atoms with van der Waals surface area (Å²) >= 11 is 5.94. The molecule has 1 aliphatic heterocycles. The van der Waals surface area contributed by atoms with Crippen LogP contribution in [0.3, 0.4) is 0 Å². The first-order valence-corrected chi connectivity index (χ1v) is 10.1. The third-order valence-electron chi connectivity index (χ3n) is 5.07. The molecule has 29 heavy (non-hydrogen) atoms. The zero-order valence-electron chi connectivity index (χ0n) is 16.4. The van der Waals surface area contributed by atoms with Crippen LogP contribution in [0.5, 0.6) is 0 Å². The van der Waals surface area contributed by atoms with E-state index in [-0.39, 0.29) is 30.7 Å². The Labute approximate surface area is 175 Å². The number of amides is 2. The van der Waals surface area contributed by atoms with Crippen molar-refractivity contribution in [1.82, 2.24) is 16.0 Å². The lowest BCUT2D eigenvalue weighted by atomic mass is 9.93. The average Bonchev–Trinajstić information content (AvgIpc) is 2.70. The highest BCUT2D eigenvalue weighted by atomic mass is 35.5. The minimum atomic E-state index is -1.39. The molecule has 1 fully saturated rings. The summed E-state index contributed by atoms with van der Waals surface area (Å²) < 4.78 is 0. The molecule has 1 aromatic carbocycles. The molecule has 0 unspecified atom stereocenters. The van der Waals surface area contributed by atoms with Crippen LogP contribution >= 0.6 is 11.6 Å². The van der Waals surface area contributed by atoms with Crippen molar-refractivity contribution >= 4 is 29.4 Å². The van der Waals surface area contributed by atoms with Crippen LogP contribution in [0.1, 0.15) is 37.7 Å². The van der Waals surface area contributed by atoms with E-state index in [1.807, 2.05) is 0 Å². The van der Waals surface area contributed by atoms with E-state index in [4.69, 9.17) is 16.7 Å². The fourth-order valence-corrected chi connectivity index (χ4v) is 3.47. The number of nitrogens with one attached hydrogen (secondary N) is 3. The molecule has 1 heterocycles. The number of carbonyl (C=O) groups excluding carboxylic acids is 2. The van der Waals surface area contributed by atoms with Gasteiger partial charge in [-0.25, -0.2) is 4.79 Å². The molecule has 0 radical (unpaired) electrons. The Balaban J connectivity index is 2.04. The number of aliphatic hydroxyl groups excluding tert-OH is 1. The Morgan fingerprint density at radius 1 is 1.21 bits per heavy atom. The molecule has 160 valence electrons. The van der Waals surface area contributed by atoms with Crippen molar-refractivity contribution in [1.29, 1.82) is 0 Å². The Kier molecular flexibility index (Phi) is 8.88. The number of piperidine rings is 1. The highest BCUT2D eigenvalue weighted by molar-refractivity contribution is 6.30. The number of aliphatic hydroxyl groups is 1. The Morgan fingerprint density at radius 2 is 1.83 bits per heavy atom. The molecule has 0 aliphatic carbocycles. The molecule has 0 spiro atoms. The van der Waals surface area contributed by atoms with Gasteiger partial charge in [0.15, 0.2) is 6.04 Å². The maximum absolute atomic E-state index is 12.5. The predicted molar refractivity (Wildman–Crippen MR) is 109 cm³/mol. The molecular formula is C20H28ClN3O5. The topological polar surface area (TPSA) is 128 Å². The number of carboxylic acid groups (broad SMARTS) is 1. The van der Waals surface area contributed by atoms with Crippen LogP contribution in [0.25, 0.3) is 0 Å². The number of carbonyl (C=O) groups is 3. The zero-order valence-corrected chi connectivity index (χ0v) is 17.1. The summed E-state index contributed by atoms with van der Waals surface area (Å²) in [5.41, 5.74) is 0.805. The Bertz CT molecular complexity index is 705. The van der Waals surface area contributed by atoms with Gasteiger partial charge < -0.3 is 26.2 Å². The lowest BCUT2D eigenvalue weighted by molar-refractivity contribution is -0.144. The number of benzene rings is 1. The van der Waals surface area contributed by atoms with E-state index in [1.165, 1.54) is 6.92 Å². The molecule has 5 N–H and O–H groups in total. The van der Waals surface area contributed by atoms with Crippen LogP contribution in [-0.4, -0.2) is 59.8 Å². The number of hydrogen-bond acceptors (Lipinski definition) is 5. The molecule has 0 saturated carbocycles. The largest absolute Gasteiger partial charge is 0.480 e. The molecule has 3 atom stereocenters. The van der Waals surface area contributed by atoms with Gasteiger partial charge in [0.05, 0.1) is 6.10 Å². The van der Waals surface area contributed by atoms with Gasteiger partial charge in [-0.05, 0) is 50.6 Å². The van der Waals surface area contributed by atoms with Crippen LogP contribution in [0.15, 0.2) is 24.3 Å². The molecule has 2 rings (SSSR count). The third kappa shape index (κ3) is 7.30. The first-order chi connectivity index (χ1) is 13.8. The van der Waals surface area contributed by atoms with E-state index in [0.717, 1.165) is 31.5 Å². The van der Waals surface area contributed by atoms with E-state index < -0.39 is 24.0 Å². The summed E-state index contributed by atoms with van der Waals surface area (Å²) in [6, 6.07) is 5.57. The lowest BCUT2D eigenvalue weighted by Gasteiger charge is -2.24. The second-order valence-electron chi connectivity index (χ2n) is 7.35. The van der Waals surface area contributed by atoms with Crippen LogP contribution in [0.2, 0.25) is 5.02 Å². The molecule has 0 aromatic heterocycles. The molecule has 2 amide bonds. The maximum atomic E-state index is 12.5. The van der Waals surface area contributed by atoms with Gasteiger partial charge in [0.1, 0.15) is 0 Å². The molecule has 1 aliphatic rings. The second kappa shape index (κ2) is 11.1. The van der Waals surface area contributed by atoms with E-state index >= 15 is 0 Å². The zero-order chi connectivity index (χ0) is 21.4. The number of aliphatic carboxylic acids is 1. The number of halogens is 1. The number of rotatable bonds is 9. The normalized spacial score (nSPS) is 17.8. The summed E-state index contributed by atoms with van der Waals surface area (Å²) in [4.78, 5) is 36.1. The van der Waals surface area contributed by atoms with Crippen molar-refractivity contribution in [3.05, 3.63) is 34.9 Å². The highest BCUT2D eigenvalue weighted by Crippen LogP contribution is 2.22. The van der Waals surface area contributed by atoms with Gasteiger partial charge in [0, 0.05) is 29.8 Å². The van der Waals surface area contributed by atoms with Crippen LogP contribution in [0.4, 0.5) is 0 Å². The number of carboxylic acids is 1. The van der Waals surface area contributed by atoms with Gasteiger partial charge in [0.25, 0.3) is 0 Å². The lowest BCUT2D eigenvalue weighted by Crippen LogP contribution is -2.48. The predicted octanol–water partition coefficient (Wildman–Crippen LogP) is 0.880. The molecule has 0 bridgehead atoms. The van der Waals surface area contributed by atoms with Crippen molar-refractivity contribution in [3.63, 3.8) is 0 Å². The first kappa shape index (κ1) is 23.1. The van der Waals surface area contributed by atoms with Crippen LogP contribution < -0.4 is 16.0 Å². The quantitative estimate of drug-likeness (QED) is 0.399. The molecule has 8 nitrogen and oxygen atoms in total. The van der Waals surface area contributed by atoms with Gasteiger partial charge in [0.2, 0.25) is 11.8 Å². The molecule has 9 heteroatoms. The van der Waals surface area contributed by atoms with E-state index in [2.05, 4.69) is 16.0 Å². The van der Waals surface area contributed by atoms with E-state index in [9.17, 15) is 19.5 Å². The summed E-state index contributed by atoms with van der Waals surface area (Å²) in [5, 5.41) is 27.7. The minimum absolute atomic E-state index is 0.0371. The van der Waals surface area contributed by atoms with Gasteiger partial charge in [-0.3, -0.25) is 9.59 Å². The monoisotopic (exact) mass is 425 g/mol. The fraction of sp³-hybridized carbons (Fsp3) is 0.550. The third-order valence-corrected chi connectivity index (χ3v) is 5.32. The SMILES string of the molecule is C[C@@H](O)[C@H](NC(=O)C[C@@H](CNC(=O)C1CCNCC1)c1ccc(Cl)cc1)C(=O)O. The molecule has 1 aromatic rings. The van der Waals surface area contributed by atoms with Crippen LogP contribution in [0, 0.1) is 5.92 Å². The van der Waals surface area contributed by atoms with Gasteiger partial charge in [-0.1, -0.05) is 23.7 Å². The average molecular weight is 426 g/mol. The van der Waals surface area contributed by atoms with Crippen molar-refractivity contribution in [2.75, 3.05) is 19.6 Å². The Morgan fingerprint density at radius 3 is 2.38 bits per heavy atom. The van der Waals surface area contributed by atoms with Gasteiger partial charge >= 0.3 is 5.97 Å². The van der Waals surface area contributed by atoms with Crippen molar-refractivity contribution < 1.29 is 24.6 Å². The smallest absolute Gasteiger partial charge is 0.328 e. The van der Waals surface area contributed by atoms with Gasteiger partial charge in [-0.2, -0.15) is 0 Å². The first-order valence-electron chi connectivity index (χ1n) is 9.72. The summed E-state index contributed by atoms with van der Waals surface area (Å²) in [5.74, 6) is -2.29. The molecular weight excluding hydrogens is 398 g/mol. The summed E-state index contributed by atoms with van der Waals surface area (Å²) in [7, 11) is 0. The van der Waals surface area contributed by atoms with Crippen molar-refractivity contribution in [3.8, 4) is 0 Å². The standard InChI is InChI=1S/C20H28ClN3O5/c1-12(25)18(20(28)29)24-17(26)10-15(13-2-4-16(21)5-3-13)11-23-19(27)14-6-8-22-9-7-14/h2-5,12,14-15,18,22,25H,6-11H2,1H3,(H,23,27)(H,24,26)(H,28,29)/t12-,15+,18+/m1/s1.